The Morgan fingerprint density at radius 3 is 2.62 bits per heavy atom. The Kier molecular flexibility index (Phi) is 5.71. The molecule has 1 aliphatic rings. The van der Waals surface area contributed by atoms with Crippen LogP contribution in [-0.2, 0) is 19.4 Å². The Bertz CT molecular complexity index is 750. The average Bonchev–Trinajstić information content (AvgIpc) is 2.83. The number of hydrogen-bond acceptors (Lipinski definition) is 5. The number of benzene rings is 1. The molecule has 24 heavy (non-hydrogen) atoms. The molecule has 0 aliphatic carbocycles. The number of nitrogens with zero attached hydrogens (tertiary/aromatic N) is 1. The Hall–Kier alpha value is -1.80. The number of nitrogens with one attached hydrogen (secondary N) is 1. The first-order chi connectivity index (χ1) is 11.2. The summed E-state index contributed by atoms with van der Waals surface area (Å²) < 4.78 is 27.9. The molecule has 7 nitrogen and oxygen atoms in total. The summed E-state index contributed by atoms with van der Waals surface area (Å²) in [4.78, 5) is 25.3. The van der Waals surface area contributed by atoms with Crippen molar-refractivity contribution in [2.45, 2.75) is 19.4 Å². The highest BCUT2D eigenvalue weighted by Crippen LogP contribution is 2.29. The molecule has 1 unspecified atom stereocenters. The van der Waals surface area contributed by atoms with Gasteiger partial charge in [-0.3, -0.25) is 9.59 Å². The smallest absolute Gasteiger partial charge is 0.240 e. The highest BCUT2D eigenvalue weighted by Gasteiger charge is 2.29. The van der Waals surface area contributed by atoms with Crippen molar-refractivity contribution in [1.82, 2.24) is 5.32 Å². The van der Waals surface area contributed by atoms with Crippen LogP contribution in [-0.4, -0.2) is 51.4 Å². The van der Waals surface area contributed by atoms with Gasteiger partial charge in [0.25, 0.3) is 0 Å². The number of anilines is 1. The topological polar surface area (TPSA) is 92.8 Å². The van der Waals surface area contributed by atoms with E-state index in [1.54, 1.807) is 12.1 Å². The van der Waals surface area contributed by atoms with E-state index >= 15 is 0 Å². The molecule has 1 aromatic rings. The van der Waals surface area contributed by atoms with E-state index in [1.807, 2.05) is 0 Å². The highest BCUT2D eigenvalue weighted by molar-refractivity contribution is 7.91. The van der Waals surface area contributed by atoms with E-state index in [-0.39, 0.29) is 24.0 Å². The number of methoxy groups -OCH3 is 1. The Morgan fingerprint density at radius 1 is 1.42 bits per heavy atom. The summed E-state index contributed by atoms with van der Waals surface area (Å²) in [5.41, 5.74) is 0.461. The van der Waals surface area contributed by atoms with Crippen molar-refractivity contribution in [1.29, 1.82) is 0 Å². The van der Waals surface area contributed by atoms with Crippen LogP contribution in [0.1, 0.15) is 13.3 Å². The lowest BCUT2D eigenvalue weighted by atomic mass is 10.2. The molecule has 0 saturated carbocycles. The number of ether oxygens (including phenoxy) is 1. The van der Waals surface area contributed by atoms with Gasteiger partial charge in [-0.1, -0.05) is 11.6 Å². The monoisotopic (exact) mass is 374 g/mol. The lowest BCUT2D eigenvalue weighted by Gasteiger charge is -2.22. The standard InChI is InChI=1S/C15H19ClN2O5S/c1-10(19)18(12-3-4-14(23-2)13(16)7-12)8-15(20)17-11-5-6-24(21,22)9-11/h3-4,7,11H,5-6,8-9H2,1-2H3,(H,17,20). The van der Waals surface area contributed by atoms with Gasteiger partial charge in [0.05, 0.1) is 23.6 Å². The zero-order chi connectivity index (χ0) is 17.9. The van der Waals surface area contributed by atoms with E-state index in [9.17, 15) is 18.0 Å². The third-order valence-electron chi connectivity index (χ3n) is 3.73. The number of sulfone groups is 1. The lowest BCUT2D eigenvalue weighted by molar-refractivity contribution is -0.123. The predicted molar refractivity (Wildman–Crippen MR) is 91.2 cm³/mol. The molecule has 9 heteroatoms. The summed E-state index contributed by atoms with van der Waals surface area (Å²) in [5.74, 6) is -0.274. The second kappa shape index (κ2) is 7.40. The maximum atomic E-state index is 12.1. The molecule has 0 spiro atoms. The average molecular weight is 375 g/mol. The minimum Gasteiger partial charge on any atom is -0.495 e. The van der Waals surface area contributed by atoms with Gasteiger partial charge in [0, 0.05) is 18.7 Å². The minimum atomic E-state index is -3.08. The summed E-state index contributed by atoms with van der Waals surface area (Å²) in [6.07, 6.45) is 0.391. The van der Waals surface area contributed by atoms with Crippen LogP contribution >= 0.6 is 11.6 Å². The van der Waals surface area contributed by atoms with Crippen LogP contribution < -0.4 is 15.0 Å². The van der Waals surface area contributed by atoms with Crippen molar-refractivity contribution in [3.8, 4) is 5.75 Å². The van der Waals surface area contributed by atoms with Crippen molar-refractivity contribution in [2.24, 2.45) is 0 Å². The third kappa shape index (κ3) is 4.61. The number of hydrogen-bond donors (Lipinski definition) is 1. The molecular weight excluding hydrogens is 356 g/mol. The number of carbonyl (C=O) groups is 2. The molecule has 1 heterocycles. The van der Waals surface area contributed by atoms with E-state index < -0.39 is 21.8 Å². The van der Waals surface area contributed by atoms with Crippen molar-refractivity contribution >= 4 is 38.9 Å². The van der Waals surface area contributed by atoms with Gasteiger partial charge in [0.1, 0.15) is 12.3 Å². The summed E-state index contributed by atoms with van der Waals surface area (Å²) in [6, 6.07) is 4.36. The molecule has 0 bridgehead atoms. The first-order valence-corrected chi connectivity index (χ1v) is 9.53. The zero-order valence-electron chi connectivity index (χ0n) is 13.4. The van der Waals surface area contributed by atoms with Gasteiger partial charge >= 0.3 is 0 Å². The first kappa shape index (κ1) is 18.5. The molecule has 1 aromatic carbocycles. The first-order valence-electron chi connectivity index (χ1n) is 7.33. The van der Waals surface area contributed by atoms with Crippen LogP contribution in [0.4, 0.5) is 5.69 Å². The fourth-order valence-electron chi connectivity index (χ4n) is 2.53. The van der Waals surface area contributed by atoms with Crippen LogP contribution in [0, 0.1) is 0 Å². The fourth-order valence-corrected chi connectivity index (χ4v) is 4.46. The van der Waals surface area contributed by atoms with Crippen molar-refractivity contribution in [3.05, 3.63) is 23.2 Å². The Labute approximate surface area is 145 Å². The maximum Gasteiger partial charge on any atom is 0.240 e. The van der Waals surface area contributed by atoms with Gasteiger partial charge < -0.3 is 15.0 Å². The summed E-state index contributed by atoms with van der Waals surface area (Å²) in [5, 5.41) is 2.98. The van der Waals surface area contributed by atoms with Crippen LogP contribution in [0.15, 0.2) is 18.2 Å². The molecule has 0 radical (unpaired) electrons. The molecule has 1 fully saturated rings. The summed E-state index contributed by atoms with van der Waals surface area (Å²) in [7, 11) is -1.60. The molecule has 1 saturated heterocycles. The third-order valence-corrected chi connectivity index (χ3v) is 5.79. The molecule has 1 aliphatic heterocycles. The van der Waals surface area contributed by atoms with Crippen LogP contribution in [0.25, 0.3) is 0 Å². The summed E-state index contributed by atoms with van der Waals surface area (Å²) >= 11 is 6.05. The lowest BCUT2D eigenvalue weighted by Crippen LogP contribution is -2.44. The second-order valence-electron chi connectivity index (χ2n) is 5.59. The molecule has 1 N–H and O–H groups in total. The van der Waals surface area contributed by atoms with Crippen LogP contribution in [0.2, 0.25) is 5.02 Å². The molecular formula is C15H19ClN2O5S. The number of halogens is 1. The van der Waals surface area contributed by atoms with Crippen molar-refractivity contribution < 1.29 is 22.7 Å². The highest BCUT2D eigenvalue weighted by atomic mass is 35.5. The van der Waals surface area contributed by atoms with Crippen molar-refractivity contribution in [2.75, 3.05) is 30.1 Å². The van der Waals surface area contributed by atoms with Gasteiger partial charge in [0.2, 0.25) is 11.8 Å². The Balaban J connectivity index is 2.07. The normalized spacial score (nSPS) is 18.9. The minimum absolute atomic E-state index is 0.0623. The van der Waals surface area contributed by atoms with E-state index in [0.29, 0.717) is 22.9 Å². The molecule has 2 amide bonds. The number of amides is 2. The van der Waals surface area contributed by atoms with Gasteiger partial charge in [-0.2, -0.15) is 0 Å². The molecule has 1 atom stereocenters. The second-order valence-corrected chi connectivity index (χ2v) is 8.23. The summed E-state index contributed by atoms with van der Waals surface area (Å²) in [6.45, 7) is 1.12. The maximum absolute atomic E-state index is 12.1. The van der Waals surface area contributed by atoms with Gasteiger partial charge in [0.15, 0.2) is 9.84 Å². The van der Waals surface area contributed by atoms with E-state index in [4.69, 9.17) is 16.3 Å². The zero-order valence-corrected chi connectivity index (χ0v) is 15.0. The van der Waals surface area contributed by atoms with E-state index in [2.05, 4.69) is 5.32 Å². The van der Waals surface area contributed by atoms with Crippen molar-refractivity contribution in [3.63, 3.8) is 0 Å². The fraction of sp³-hybridized carbons (Fsp3) is 0.467. The number of rotatable bonds is 5. The van der Waals surface area contributed by atoms with Crippen LogP contribution in [0.5, 0.6) is 5.75 Å². The van der Waals surface area contributed by atoms with Crippen LogP contribution in [0.3, 0.4) is 0 Å². The van der Waals surface area contributed by atoms with E-state index in [0.717, 1.165) is 0 Å². The number of carbonyl (C=O) groups excluding carboxylic acids is 2. The molecule has 132 valence electrons. The quantitative estimate of drug-likeness (QED) is 0.830. The predicted octanol–water partition coefficient (Wildman–Crippen LogP) is 1.00. The van der Waals surface area contributed by atoms with Gasteiger partial charge in [-0.05, 0) is 24.6 Å². The molecule has 0 aromatic heterocycles. The largest absolute Gasteiger partial charge is 0.495 e. The Morgan fingerprint density at radius 2 is 2.12 bits per heavy atom. The SMILES string of the molecule is COc1ccc(N(CC(=O)NC2CCS(=O)(=O)C2)C(C)=O)cc1Cl. The van der Waals surface area contributed by atoms with Gasteiger partial charge in [-0.15, -0.1) is 0 Å². The molecule has 2 rings (SSSR count). The van der Waals surface area contributed by atoms with Gasteiger partial charge in [-0.25, -0.2) is 8.42 Å². The van der Waals surface area contributed by atoms with E-state index in [1.165, 1.54) is 25.0 Å².